The summed E-state index contributed by atoms with van der Waals surface area (Å²) in [6.07, 6.45) is -2.09. The first kappa shape index (κ1) is 21.1. The van der Waals surface area contributed by atoms with Crippen molar-refractivity contribution in [1.29, 1.82) is 0 Å². The summed E-state index contributed by atoms with van der Waals surface area (Å²) in [7, 11) is 3.66. The number of carbonyl (C=O) groups is 2. The highest BCUT2D eigenvalue weighted by Crippen LogP contribution is 2.29. The summed E-state index contributed by atoms with van der Waals surface area (Å²) in [6.45, 7) is 4.80. The third kappa shape index (κ3) is 6.16. The average Bonchev–Trinajstić information content (AvgIpc) is 3.05. The lowest BCUT2D eigenvalue weighted by atomic mass is 9.84. The summed E-state index contributed by atoms with van der Waals surface area (Å²) < 4.78 is 37.2. The summed E-state index contributed by atoms with van der Waals surface area (Å²) in [5.74, 6) is -0.526. The van der Waals surface area contributed by atoms with Gasteiger partial charge in [0.15, 0.2) is 0 Å². The van der Waals surface area contributed by atoms with Gasteiger partial charge in [-0.3, -0.25) is 4.90 Å². The number of hydrogen-bond donors (Lipinski definition) is 1. The van der Waals surface area contributed by atoms with Crippen molar-refractivity contribution in [2.75, 3.05) is 40.3 Å². The van der Waals surface area contributed by atoms with Gasteiger partial charge in [0.25, 0.3) is 0 Å². The molecule has 2 bridgehead atoms. The predicted molar refractivity (Wildman–Crippen MR) is 89.9 cm³/mol. The van der Waals surface area contributed by atoms with Crippen molar-refractivity contribution in [1.82, 2.24) is 14.7 Å². The molecule has 2 unspecified atom stereocenters. The molecule has 2 fully saturated rings. The molecule has 10 heteroatoms. The van der Waals surface area contributed by atoms with Crippen molar-refractivity contribution in [3.05, 3.63) is 24.2 Å². The van der Waals surface area contributed by atoms with E-state index in [1.54, 1.807) is 11.2 Å². The molecule has 2 atom stereocenters. The van der Waals surface area contributed by atoms with Gasteiger partial charge < -0.3 is 19.3 Å². The second-order valence-corrected chi connectivity index (χ2v) is 7.13. The molecule has 2 aliphatic heterocycles. The SMILES string of the molecule is CN(C)C(=O)N1CC2CC(CN(Cc3ccco3)C2)C1.O=C(O)C(F)(F)F. The third-order valence-electron chi connectivity index (χ3n) is 4.51. The number of hydrogen-bond acceptors (Lipinski definition) is 4. The Bertz CT molecular complexity index is 620. The average molecular weight is 391 g/mol. The molecule has 0 aromatic carbocycles. The molecular weight excluding hydrogens is 367 g/mol. The third-order valence-corrected chi connectivity index (χ3v) is 4.51. The summed E-state index contributed by atoms with van der Waals surface area (Å²) in [5.41, 5.74) is 0. The number of fused-ring (bicyclic) bond motifs is 2. The van der Waals surface area contributed by atoms with Gasteiger partial charge in [-0.05, 0) is 30.4 Å². The van der Waals surface area contributed by atoms with Crippen molar-refractivity contribution >= 4 is 12.0 Å². The highest BCUT2D eigenvalue weighted by Gasteiger charge is 2.38. The van der Waals surface area contributed by atoms with Crippen LogP contribution in [0.25, 0.3) is 0 Å². The number of rotatable bonds is 2. The Morgan fingerprint density at radius 1 is 1.22 bits per heavy atom. The molecule has 0 aliphatic carbocycles. The van der Waals surface area contributed by atoms with Crippen LogP contribution >= 0.6 is 0 Å². The lowest BCUT2D eigenvalue weighted by Crippen LogP contribution is -2.55. The Balaban J connectivity index is 0.000000321. The lowest BCUT2D eigenvalue weighted by molar-refractivity contribution is -0.192. The van der Waals surface area contributed by atoms with Crippen molar-refractivity contribution in [2.45, 2.75) is 19.1 Å². The van der Waals surface area contributed by atoms with Crippen LogP contribution in [0.2, 0.25) is 0 Å². The van der Waals surface area contributed by atoms with Crippen molar-refractivity contribution in [3.8, 4) is 0 Å². The molecular formula is C17H24F3N3O4. The monoisotopic (exact) mass is 391 g/mol. The molecule has 0 radical (unpaired) electrons. The number of carboxylic acids is 1. The first-order valence-electron chi connectivity index (χ1n) is 8.57. The highest BCUT2D eigenvalue weighted by molar-refractivity contribution is 5.74. The number of alkyl halides is 3. The van der Waals surface area contributed by atoms with Crippen LogP contribution < -0.4 is 0 Å². The number of nitrogens with zero attached hydrogens (tertiary/aromatic N) is 3. The molecule has 0 saturated carbocycles. The number of halogens is 3. The molecule has 2 amide bonds. The Kier molecular flexibility index (Phi) is 6.74. The first-order chi connectivity index (χ1) is 12.6. The fourth-order valence-electron chi connectivity index (χ4n) is 3.58. The molecule has 152 valence electrons. The molecule has 3 rings (SSSR count). The number of piperidine rings is 2. The quantitative estimate of drug-likeness (QED) is 0.838. The van der Waals surface area contributed by atoms with Crippen LogP contribution in [0.4, 0.5) is 18.0 Å². The van der Waals surface area contributed by atoms with Gasteiger partial charge in [0, 0.05) is 40.3 Å². The molecule has 1 aromatic rings. The van der Waals surface area contributed by atoms with Gasteiger partial charge in [0.2, 0.25) is 0 Å². The minimum absolute atomic E-state index is 0.152. The molecule has 27 heavy (non-hydrogen) atoms. The minimum Gasteiger partial charge on any atom is -0.475 e. The summed E-state index contributed by atoms with van der Waals surface area (Å²) >= 11 is 0. The van der Waals surface area contributed by atoms with Crippen LogP contribution in [-0.2, 0) is 11.3 Å². The second-order valence-electron chi connectivity index (χ2n) is 7.13. The topological polar surface area (TPSA) is 77.2 Å². The zero-order chi connectivity index (χ0) is 20.2. The van der Waals surface area contributed by atoms with E-state index in [-0.39, 0.29) is 6.03 Å². The van der Waals surface area contributed by atoms with Crippen molar-refractivity contribution in [2.24, 2.45) is 11.8 Å². The van der Waals surface area contributed by atoms with E-state index in [9.17, 15) is 18.0 Å². The van der Waals surface area contributed by atoms with E-state index in [1.165, 1.54) is 6.42 Å². The minimum atomic E-state index is -5.08. The fraction of sp³-hybridized carbons (Fsp3) is 0.647. The van der Waals surface area contributed by atoms with Gasteiger partial charge >= 0.3 is 18.2 Å². The van der Waals surface area contributed by atoms with E-state index in [0.717, 1.165) is 38.5 Å². The lowest BCUT2D eigenvalue weighted by Gasteiger charge is -2.46. The van der Waals surface area contributed by atoms with E-state index in [2.05, 4.69) is 4.90 Å². The zero-order valence-electron chi connectivity index (χ0n) is 15.3. The number of urea groups is 1. The number of furan rings is 1. The molecule has 7 nitrogen and oxygen atoms in total. The molecule has 3 heterocycles. The van der Waals surface area contributed by atoms with E-state index >= 15 is 0 Å². The standard InChI is InChI=1S/C15H23N3O2.C2HF3O2/c1-16(2)15(19)18-9-12-6-13(10-18)8-17(7-12)11-14-4-3-5-20-14;3-2(4,5)1(6)7/h3-5,12-13H,6-11H2,1-2H3;(H,6,7). The van der Waals surface area contributed by atoms with E-state index in [0.29, 0.717) is 11.8 Å². The maximum absolute atomic E-state index is 12.1. The van der Waals surface area contributed by atoms with Gasteiger partial charge in [-0.2, -0.15) is 13.2 Å². The number of carbonyl (C=O) groups excluding carboxylic acids is 1. The summed E-state index contributed by atoms with van der Waals surface area (Å²) in [6, 6.07) is 4.13. The van der Waals surface area contributed by atoms with Gasteiger partial charge in [0.05, 0.1) is 12.8 Å². The number of amides is 2. The Labute approximate surface area is 155 Å². The van der Waals surface area contributed by atoms with Gasteiger partial charge in [-0.1, -0.05) is 0 Å². The smallest absolute Gasteiger partial charge is 0.475 e. The highest BCUT2D eigenvalue weighted by atomic mass is 19.4. The van der Waals surface area contributed by atoms with Crippen LogP contribution in [0.3, 0.4) is 0 Å². The largest absolute Gasteiger partial charge is 0.490 e. The van der Waals surface area contributed by atoms with Gasteiger partial charge in [-0.25, -0.2) is 9.59 Å². The summed E-state index contributed by atoms with van der Waals surface area (Å²) in [4.78, 5) is 27.2. The Hall–Kier alpha value is -2.23. The van der Waals surface area contributed by atoms with E-state index in [1.807, 2.05) is 31.1 Å². The molecule has 1 aromatic heterocycles. The number of aliphatic carboxylic acids is 1. The number of likely N-dealkylation sites (tertiary alicyclic amines) is 2. The first-order valence-corrected chi connectivity index (χ1v) is 8.57. The van der Waals surface area contributed by atoms with Gasteiger partial charge in [0.1, 0.15) is 5.76 Å². The van der Waals surface area contributed by atoms with Crippen LogP contribution in [0.1, 0.15) is 12.2 Å². The van der Waals surface area contributed by atoms with E-state index in [4.69, 9.17) is 14.3 Å². The zero-order valence-corrected chi connectivity index (χ0v) is 15.3. The molecule has 2 aliphatic rings. The predicted octanol–water partition coefficient (Wildman–Crippen LogP) is 2.35. The normalized spacial score (nSPS) is 22.6. The Morgan fingerprint density at radius 2 is 1.78 bits per heavy atom. The maximum Gasteiger partial charge on any atom is 0.490 e. The summed E-state index contributed by atoms with van der Waals surface area (Å²) in [5, 5.41) is 7.12. The van der Waals surface area contributed by atoms with Crippen molar-refractivity contribution in [3.63, 3.8) is 0 Å². The molecule has 2 saturated heterocycles. The van der Waals surface area contributed by atoms with Gasteiger partial charge in [-0.15, -0.1) is 0 Å². The number of carboxylic acid groups (broad SMARTS) is 1. The van der Waals surface area contributed by atoms with E-state index < -0.39 is 12.1 Å². The molecule has 1 N–H and O–H groups in total. The van der Waals surface area contributed by atoms with Crippen LogP contribution in [0, 0.1) is 11.8 Å². The fourth-order valence-corrected chi connectivity index (χ4v) is 3.58. The maximum atomic E-state index is 12.1. The second kappa shape index (κ2) is 8.64. The van der Waals surface area contributed by atoms with Crippen LogP contribution in [0.15, 0.2) is 22.8 Å². The Morgan fingerprint density at radius 3 is 2.19 bits per heavy atom. The van der Waals surface area contributed by atoms with Crippen LogP contribution in [-0.4, -0.2) is 78.3 Å². The van der Waals surface area contributed by atoms with Crippen LogP contribution in [0.5, 0.6) is 0 Å². The van der Waals surface area contributed by atoms with Crippen molar-refractivity contribution < 1.29 is 32.3 Å². The molecule has 0 spiro atoms.